The van der Waals surface area contributed by atoms with Crippen LogP contribution in [0.3, 0.4) is 0 Å². The van der Waals surface area contributed by atoms with Crippen LogP contribution in [0.1, 0.15) is 45.7 Å². The highest BCUT2D eigenvalue weighted by Crippen LogP contribution is 2.40. The van der Waals surface area contributed by atoms with E-state index < -0.39 is 35.5 Å². The lowest BCUT2D eigenvalue weighted by molar-refractivity contribution is -0.158. The highest BCUT2D eigenvalue weighted by atomic mass is 35.5. The zero-order valence-electron chi connectivity index (χ0n) is 21.8. The third-order valence-corrected chi connectivity index (χ3v) is 6.36. The number of alkyl halides is 1. The molecule has 0 radical (unpaired) electrons. The van der Waals surface area contributed by atoms with E-state index in [-0.39, 0.29) is 31.5 Å². The van der Waals surface area contributed by atoms with Crippen molar-refractivity contribution < 1.29 is 38.1 Å². The Balaban J connectivity index is 2.12. The van der Waals surface area contributed by atoms with Gasteiger partial charge in [0.2, 0.25) is 0 Å². The van der Waals surface area contributed by atoms with Crippen molar-refractivity contribution in [2.75, 3.05) is 25.7 Å². The summed E-state index contributed by atoms with van der Waals surface area (Å²) >= 11 is 18.8. The molecule has 2 aromatic rings. The minimum Gasteiger partial charge on any atom is -0.490 e. The quantitative estimate of drug-likeness (QED) is 0.166. The van der Waals surface area contributed by atoms with Gasteiger partial charge in [0.1, 0.15) is 31.7 Å². The summed E-state index contributed by atoms with van der Waals surface area (Å²) in [6, 6.07) is 10.9. The molecule has 0 unspecified atom stereocenters. The third kappa shape index (κ3) is 9.57. The van der Waals surface area contributed by atoms with Crippen LogP contribution in [0.15, 0.2) is 36.4 Å². The largest absolute Gasteiger partial charge is 0.490 e. The summed E-state index contributed by atoms with van der Waals surface area (Å²) in [5, 5.41) is 0.613. The van der Waals surface area contributed by atoms with Crippen molar-refractivity contribution in [1.82, 2.24) is 0 Å². The Hall–Kier alpha value is -2.68. The first-order valence-corrected chi connectivity index (χ1v) is 13.0. The summed E-state index contributed by atoms with van der Waals surface area (Å²) in [5.74, 6) is -0.553. The standard InChI is InChI=1S/C27H31Cl3O8/c1-16(31)34-14-23(38-18(3)33)15-35-21-8-6-19(7-9-21)27(4,5)20-10-24(29)26(25(30)11-20)36-13-22(12-28)37-17(2)32/h6-11,22-23H,12-15H2,1-5H3/t22-,23-/m0/s1. The molecule has 0 amide bonds. The van der Waals surface area contributed by atoms with E-state index >= 15 is 0 Å². The third-order valence-electron chi connectivity index (χ3n) is 5.46. The molecule has 0 spiro atoms. The van der Waals surface area contributed by atoms with Gasteiger partial charge in [0.25, 0.3) is 0 Å². The fraction of sp³-hybridized carbons (Fsp3) is 0.444. The predicted molar refractivity (Wildman–Crippen MR) is 144 cm³/mol. The van der Waals surface area contributed by atoms with Gasteiger partial charge in [-0.1, -0.05) is 49.2 Å². The maximum atomic E-state index is 11.3. The number of halogens is 3. The van der Waals surface area contributed by atoms with Crippen LogP contribution >= 0.6 is 34.8 Å². The van der Waals surface area contributed by atoms with E-state index in [0.29, 0.717) is 15.8 Å². The van der Waals surface area contributed by atoms with Crippen molar-refractivity contribution in [3.63, 3.8) is 0 Å². The second-order valence-electron chi connectivity index (χ2n) is 8.96. The monoisotopic (exact) mass is 588 g/mol. The molecule has 2 aromatic carbocycles. The van der Waals surface area contributed by atoms with E-state index in [4.69, 9.17) is 58.5 Å². The SMILES string of the molecule is CC(=O)OC[C@@H](COc1ccc(C(C)(C)c2cc(Cl)c(OC[C@H](CCl)OC(C)=O)c(Cl)c2)cc1)OC(C)=O. The molecule has 0 aliphatic rings. The zero-order valence-corrected chi connectivity index (χ0v) is 24.1. The lowest BCUT2D eigenvalue weighted by atomic mass is 9.78. The minimum atomic E-state index is -0.730. The van der Waals surface area contributed by atoms with E-state index in [1.165, 1.54) is 20.8 Å². The van der Waals surface area contributed by atoms with Gasteiger partial charge >= 0.3 is 17.9 Å². The number of benzene rings is 2. The second kappa shape index (κ2) is 14.5. The van der Waals surface area contributed by atoms with Crippen LogP contribution in [0.4, 0.5) is 0 Å². The molecule has 0 fully saturated rings. The normalized spacial score (nSPS) is 12.7. The van der Waals surface area contributed by atoms with Gasteiger partial charge in [0.15, 0.2) is 11.9 Å². The Morgan fingerprint density at radius 1 is 0.763 bits per heavy atom. The smallest absolute Gasteiger partial charge is 0.303 e. The van der Waals surface area contributed by atoms with E-state index in [2.05, 4.69) is 0 Å². The molecule has 2 rings (SSSR count). The van der Waals surface area contributed by atoms with Crippen LogP contribution in [0.25, 0.3) is 0 Å². The second-order valence-corrected chi connectivity index (χ2v) is 10.1. The number of hydrogen-bond donors (Lipinski definition) is 0. The molecule has 0 aromatic heterocycles. The fourth-order valence-corrected chi connectivity index (χ4v) is 4.21. The number of rotatable bonds is 13. The summed E-state index contributed by atoms with van der Waals surface area (Å²) in [5.41, 5.74) is 1.31. The van der Waals surface area contributed by atoms with Gasteiger partial charge in [0, 0.05) is 26.2 Å². The van der Waals surface area contributed by atoms with Crippen LogP contribution in [0.5, 0.6) is 11.5 Å². The Bertz CT molecular complexity index is 1090. The van der Waals surface area contributed by atoms with Crippen molar-refractivity contribution in [2.24, 2.45) is 0 Å². The topological polar surface area (TPSA) is 97.4 Å². The van der Waals surface area contributed by atoms with E-state index in [1.54, 1.807) is 24.3 Å². The van der Waals surface area contributed by atoms with Crippen molar-refractivity contribution in [3.8, 4) is 11.5 Å². The molecule has 0 saturated heterocycles. The average molecular weight is 590 g/mol. The first-order valence-electron chi connectivity index (χ1n) is 11.7. The Morgan fingerprint density at radius 3 is 1.79 bits per heavy atom. The van der Waals surface area contributed by atoms with Gasteiger partial charge in [0.05, 0.1) is 15.9 Å². The molecule has 0 bridgehead atoms. The van der Waals surface area contributed by atoms with Crippen molar-refractivity contribution in [2.45, 2.75) is 52.2 Å². The predicted octanol–water partition coefficient (Wildman–Crippen LogP) is 5.74. The Morgan fingerprint density at radius 2 is 1.29 bits per heavy atom. The number of esters is 3. The van der Waals surface area contributed by atoms with Gasteiger partial charge in [-0.3, -0.25) is 14.4 Å². The van der Waals surface area contributed by atoms with Crippen LogP contribution in [-0.4, -0.2) is 55.8 Å². The first-order chi connectivity index (χ1) is 17.8. The molecule has 0 N–H and O–H groups in total. The van der Waals surface area contributed by atoms with Crippen LogP contribution in [0.2, 0.25) is 10.0 Å². The van der Waals surface area contributed by atoms with Crippen molar-refractivity contribution in [1.29, 1.82) is 0 Å². The van der Waals surface area contributed by atoms with E-state index in [1.807, 2.05) is 26.0 Å². The van der Waals surface area contributed by atoms with Gasteiger partial charge in [-0.2, -0.15) is 0 Å². The molecule has 38 heavy (non-hydrogen) atoms. The highest BCUT2D eigenvalue weighted by molar-refractivity contribution is 6.37. The van der Waals surface area contributed by atoms with E-state index in [0.717, 1.165) is 11.1 Å². The van der Waals surface area contributed by atoms with Crippen LogP contribution < -0.4 is 9.47 Å². The van der Waals surface area contributed by atoms with Gasteiger partial charge < -0.3 is 23.7 Å². The molecule has 11 heteroatoms. The van der Waals surface area contributed by atoms with Crippen molar-refractivity contribution >= 4 is 52.7 Å². The lowest BCUT2D eigenvalue weighted by Gasteiger charge is -2.27. The molecule has 0 aliphatic carbocycles. The molecule has 0 aliphatic heterocycles. The molecule has 8 nitrogen and oxygen atoms in total. The average Bonchev–Trinajstić information content (AvgIpc) is 2.83. The number of ether oxygens (including phenoxy) is 5. The summed E-state index contributed by atoms with van der Waals surface area (Å²) in [6.45, 7) is 7.80. The minimum absolute atomic E-state index is 0.00587. The highest BCUT2D eigenvalue weighted by Gasteiger charge is 2.26. The van der Waals surface area contributed by atoms with E-state index in [9.17, 15) is 14.4 Å². The van der Waals surface area contributed by atoms with Crippen LogP contribution in [-0.2, 0) is 34.0 Å². The molecular formula is C27H31Cl3O8. The van der Waals surface area contributed by atoms with Crippen molar-refractivity contribution in [3.05, 3.63) is 57.6 Å². The summed E-state index contributed by atoms with van der Waals surface area (Å²) in [6.07, 6.45) is -1.37. The molecule has 0 saturated carbocycles. The number of carbonyl (C=O) groups excluding carboxylic acids is 3. The maximum absolute atomic E-state index is 11.3. The molecule has 0 heterocycles. The molecular weight excluding hydrogens is 559 g/mol. The van der Waals surface area contributed by atoms with Gasteiger partial charge in [-0.25, -0.2) is 0 Å². The number of carbonyl (C=O) groups is 3. The summed E-state index contributed by atoms with van der Waals surface area (Å²) in [4.78, 5) is 33.6. The Kier molecular flexibility index (Phi) is 12.0. The fourth-order valence-electron chi connectivity index (χ4n) is 3.46. The summed E-state index contributed by atoms with van der Waals surface area (Å²) in [7, 11) is 0. The Labute approximate surface area is 237 Å². The van der Waals surface area contributed by atoms with Crippen LogP contribution in [0, 0.1) is 0 Å². The maximum Gasteiger partial charge on any atom is 0.303 e. The number of hydrogen-bond acceptors (Lipinski definition) is 8. The van der Waals surface area contributed by atoms with Gasteiger partial charge in [-0.15, -0.1) is 11.6 Å². The zero-order chi connectivity index (χ0) is 28.5. The lowest BCUT2D eigenvalue weighted by Crippen LogP contribution is -2.29. The molecule has 208 valence electrons. The first kappa shape index (κ1) is 31.5. The summed E-state index contributed by atoms with van der Waals surface area (Å²) < 4.78 is 26.6. The molecule has 2 atom stereocenters. The van der Waals surface area contributed by atoms with Gasteiger partial charge in [-0.05, 0) is 35.4 Å².